The SMILES string of the molecule is CC(C)=O.CCCOC(C)=O. The highest BCUT2D eigenvalue weighted by molar-refractivity contribution is 5.72. The Labute approximate surface area is 67.7 Å². The van der Waals surface area contributed by atoms with Gasteiger partial charge in [-0.25, -0.2) is 0 Å². The fourth-order valence-electron chi connectivity index (χ4n) is 0.246. The Morgan fingerprint density at radius 3 is 1.64 bits per heavy atom. The van der Waals surface area contributed by atoms with Gasteiger partial charge in [0.05, 0.1) is 6.61 Å². The van der Waals surface area contributed by atoms with E-state index in [4.69, 9.17) is 0 Å². The lowest BCUT2D eigenvalue weighted by Crippen LogP contribution is -1.98. The molecule has 0 aromatic heterocycles. The van der Waals surface area contributed by atoms with Gasteiger partial charge in [0, 0.05) is 6.92 Å². The zero-order valence-electron chi connectivity index (χ0n) is 7.64. The molecule has 0 amide bonds. The number of esters is 1. The Morgan fingerprint density at radius 1 is 1.18 bits per heavy atom. The second-order valence-electron chi connectivity index (χ2n) is 2.25. The smallest absolute Gasteiger partial charge is 0.302 e. The van der Waals surface area contributed by atoms with E-state index < -0.39 is 0 Å². The van der Waals surface area contributed by atoms with E-state index in [0.29, 0.717) is 6.61 Å². The normalized spacial score (nSPS) is 7.64. The molecule has 0 fully saturated rings. The lowest BCUT2D eigenvalue weighted by atomic mass is 10.5. The molecule has 66 valence electrons. The van der Waals surface area contributed by atoms with Crippen molar-refractivity contribution in [1.82, 2.24) is 0 Å². The highest BCUT2D eigenvalue weighted by Crippen LogP contribution is 1.78. The van der Waals surface area contributed by atoms with Crippen molar-refractivity contribution in [3.63, 3.8) is 0 Å². The predicted octanol–water partition coefficient (Wildman–Crippen LogP) is 1.55. The number of ketones is 1. The van der Waals surface area contributed by atoms with Gasteiger partial charge in [0.15, 0.2) is 0 Å². The van der Waals surface area contributed by atoms with Crippen LogP contribution in [0.1, 0.15) is 34.1 Å². The molecular formula is C8H16O3. The molecule has 3 nitrogen and oxygen atoms in total. The van der Waals surface area contributed by atoms with E-state index in [1.165, 1.54) is 20.8 Å². The molecule has 0 atom stereocenters. The first-order valence-corrected chi connectivity index (χ1v) is 3.61. The average Bonchev–Trinajstić information content (AvgIpc) is 1.82. The quantitative estimate of drug-likeness (QED) is 0.576. The van der Waals surface area contributed by atoms with Crippen LogP contribution < -0.4 is 0 Å². The third-order valence-electron chi connectivity index (χ3n) is 0.509. The molecule has 0 aromatic rings. The lowest BCUT2D eigenvalue weighted by molar-refractivity contribution is -0.140. The van der Waals surface area contributed by atoms with Gasteiger partial charge in [0.1, 0.15) is 5.78 Å². The monoisotopic (exact) mass is 160 g/mol. The van der Waals surface area contributed by atoms with Crippen LogP contribution in [0.2, 0.25) is 0 Å². The number of hydrogen-bond donors (Lipinski definition) is 0. The van der Waals surface area contributed by atoms with E-state index in [2.05, 4.69) is 4.74 Å². The van der Waals surface area contributed by atoms with Gasteiger partial charge in [-0.05, 0) is 20.3 Å². The first kappa shape index (κ1) is 12.8. The van der Waals surface area contributed by atoms with Crippen LogP contribution in [0.3, 0.4) is 0 Å². The molecule has 0 aliphatic carbocycles. The minimum Gasteiger partial charge on any atom is -0.466 e. The molecule has 0 rings (SSSR count). The highest BCUT2D eigenvalue weighted by Gasteiger charge is 1.85. The van der Waals surface area contributed by atoms with Gasteiger partial charge in [-0.1, -0.05) is 6.92 Å². The van der Waals surface area contributed by atoms with Gasteiger partial charge in [-0.2, -0.15) is 0 Å². The summed E-state index contributed by atoms with van der Waals surface area (Å²) in [7, 11) is 0. The van der Waals surface area contributed by atoms with Crippen LogP contribution >= 0.6 is 0 Å². The van der Waals surface area contributed by atoms with Gasteiger partial charge in [-0.15, -0.1) is 0 Å². The first-order valence-electron chi connectivity index (χ1n) is 3.61. The van der Waals surface area contributed by atoms with E-state index in [-0.39, 0.29) is 11.8 Å². The average molecular weight is 160 g/mol. The van der Waals surface area contributed by atoms with Crippen molar-refractivity contribution in [1.29, 1.82) is 0 Å². The van der Waals surface area contributed by atoms with Crippen LogP contribution in [0.4, 0.5) is 0 Å². The van der Waals surface area contributed by atoms with Crippen LogP contribution in [0.25, 0.3) is 0 Å². The Balaban J connectivity index is 0. The first-order chi connectivity index (χ1) is 5.00. The Bertz CT molecular complexity index is 115. The number of hydrogen-bond acceptors (Lipinski definition) is 3. The maximum absolute atomic E-state index is 9.98. The van der Waals surface area contributed by atoms with Crippen LogP contribution in [0.5, 0.6) is 0 Å². The molecule has 0 unspecified atom stereocenters. The Morgan fingerprint density at radius 2 is 1.55 bits per heavy atom. The molecular weight excluding hydrogens is 144 g/mol. The second-order valence-corrected chi connectivity index (χ2v) is 2.25. The molecule has 0 N–H and O–H groups in total. The van der Waals surface area contributed by atoms with Gasteiger partial charge >= 0.3 is 5.97 Å². The van der Waals surface area contributed by atoms with Gasteiger partial charge in [-0.3, -0.25) is 4.79 Å². The Hall–Kier alpha value is -0.860. The van der Waals surface area contributed by atoms with E-state index in [0.717, 1.165) is 6.42 Å². The molecule has 0 heterocycles. The maximum Gasteiger partial charge on any atom is 0.302 e. The summed E-state index contributed by atoms with van der Waals surface area (Å²) in [6.45, 7) is 6.98. The number of Topliss-reactive ketones (excluding diaryl/α,β-unsaturated/α-hetero) is 1. The minimum absolute atomic E-state index is 0.167. The van der Waals surface area contributed by atoms with Crippen molar-refractivity contribution in [2.24, 2.45) is 0 Å². The van der Waals surface area contributed by atoms with Crippen molar-refractivity contribution in [3.05, 3.63) is 0 Å². The molecule has 3 heteroatoms. The van der Waals surface area contributed by atoms with Crippen molar-refractivity contribution >= 4 is 11.8 Å². The molecule has 0 saturated carbocycles. The molecule has 11 heavy (non-hydrogen) atoms. The fourth-order valence-corrected chi connectivity index (χ4v) is 0.246. The molecule has 0 aliphatic rings. The number of rotatable bonds is 2. The highest BCUT2D eigenvalue weighted by atomic mass is 16.5. The van der Waals surface area contributed by atoms with Crippen molar-refractivity contribution < 1.29 is 14.3 Å². The number of carbonyl (C=O) groups excluding carboxylic acids is 2. The Kier molecular flexibility index (Phi) is 10.6. The summed E-state index contributed by atoms with van der Waals surface area (Å²) in [4.78, 5) is 19.4. The van der Waals surface area contributed by atoms with Gasteiger partial charge in [0.25, 0.3) is 0 Å². The van der Waals surface area contributed by atoms with E-state index in [1.807, 2.05) is 6.92 Å². The largest absolute Gasteiger partial charge is 0.466 e. The van der Waals surface area contributed by atoms with Crippen molar-refractivity contribution in [2.75, 3.05) is 6.61 Å². The summed E-state index contributed by atoms with van der Waals surface area (Å²) in [5.41, 5.74) is 0. The summed E-state index contributed by atoms with van der Waals surface area (Å²) >= 11 is 0. The van der Waals surface area contributed by atoms with Crippen LogP contribution in [0.15, 0.2) is 0 Å². The molecule has 0 aromatic carbocycles. The second kappa shape index (κ2) is 9.14. The van der Waals surface area contributed by atoms with Crippen LogP contribution in [0, 0.1) is 0 Å². The zero-order chi connectivity index (χ0) is 9.28. The van der Waals surface area contributed by atoms with E-state index in [1.54, 1.807) is 0 Å². The number of ether oxygens (including phenoxy) is 1. The third-order valence-corrected chi connectivity index (χ3v) is 0.509. The predicted molar refractivity (Wildman–Crippen MR) is 43.3 cm³/mol. The van der Waals surface area contributed by atoms with E-state index in [9.17, 15) is 9.59 Å². The maximum atomic E-state index is 9.98. The number of carbonyl (C=O) groups is 2. The fraction of sp³-hybridized carbons (Fsp3) is 0.750. The topological polar surface area (TPSA) is 43.4 Å². The van der Waals surface area contributed by atoms with Crippen molar-refractivity contribution in [3.8, 4) is 0 Å². The van der Waals surface area contributed by atoms with Crippen LogP contribution in [-0.2, 0) is 14.3 Å². The standard InChI is InChI=1S/C5H10O2.C3H6O/c1-3-4-7-5(2)6;1-3(2)4/h3-4H2,1-2H3;1-2H3. The van der Waals surface area contributed by atoms with E-state index >= 15 is 0 Å². The summed E-state index contributed by atoms with van der Waals surface area (Å²) in [5.74, 6) is -0.0261. The summed E-state index contributed by atoms with van der Waals surface area (Å²) < 4.78 is 4.55. The van der Waals surface area contributed by atoms with Gasteiger partial charge < -0.3 is 9.53 Å². The summed E-state index contributed by atoms with van der Waals surface area (Å²) in [5, 5.41) is 0. The molecule has 0 bridgehead atoms. The molecule has 0 spiro atoms. The van der Waals surface area contributed by atoms with Crippen LogP contribution in [-0.4, -0.2) is 18.4 Å². The van der Waals surface area contributed by atoms with Gasteiger partial charge in [0.2, 0.25) is 0 Å². The summed E-state index contributed by atoms with van der Waals surface area (Å²) in [6.07, 6.45) is 0.902. The van der Waals surface area contributed by atoms with Crippen molar-refractivity contribution in [2.45, 2.75) is 34.1 Å². The lowest BCUT2D eigenvalue weighted by Gasteiger charge is -1.93. The summed E-state index contributed by atoms with van der Waals surface area (Å²) in [6, 6.07) is 0. The minimum atomic E-state index is -0.193. The zero-order valence-corrected chi connectivity index (χ0v) is 7.64. The third kappa shape index (κ3) is 47.3. The molecule has 0 saturated heterocycles. The molecule has 0 aliphatic heterocycles. The molecule has 0 radical (unpaired) electrons.